The van der Waals surface area contributed by atoms with Gasteiger partial charge in [0.2, 0.25) is 0 Å². The standard InChI is InChI=1S/C11H15N3/c1-9(7-12)14(3)8-11-5-4-6-13-10(11)2/h4-6,9H,8H2,1-3H3. The molecule has 0 N–H and O–H groups in total. The smallest absolute Gasteiger partial charge is 0.0949 e. The molecule has 0 fully saturated rings. The number of aromatic nitrogens is 1. The summed E-state index contributed by atoms with van der Waals surface area (Å²) in [4.78, 5) is 6.21. The Morgan fingerprint density at radius 2 is 2.36 bits per heavy atom. The van der Waals surface area contributed by atoms with E-state index in [1.807, 2.05) is 37.9 Å². The van der Waals surface area contributed by atoms with E-state index in [-0.39, 0.29) is 6.04 Å². The first-order valence-electron chi connectivity index (χ1n) is 4.65. The number of hydrogen-bond donors (Lipinski definition) is 0. The Bertz CT molecular complexity index is 341. The molecule has 0 radical (unpaired) electrons. The topological polar surface area (TPSA) is 39.9 Å². The molecule has 74 valence electrons. The van der Waals surface area contributed by atoms with Crippen LogP contribution >= 0.6 is 0 Å². The van der Waals surface area contributed by atoms with Crippen molar-refractivity contribution in [1.29, 1.82) is 5.26 Å². The maximum atomic E-state index is 8.75. The van der Waals surface area contributed by atoms with Gasteiger partial charge < -0.3 is 0 Å². The summed E-state index contributed by atoms with van der Waals surface area (Å²) in [6.07, 6.45) is 1.78. The summed E-state index contributed by atoms with van der Waals surface area (Å²) in [5.41, 5.74) is 2.21. The molecule has 1 unspecified atom stereocenters. The number of aryl methyl sites for hydroxylation is 1. The van der Waals surface area contributed by atoms with Gasteiger partial charge in [0.15, 0.2) is 0 Å². The van der Waals surface area contributed by atoms with Crippen LogP contribution in [0.2, 0.25) is 0 Å². The molecule has 0 saturated heterocycles. The van der Waals surface area contributed by atoms with Gasteiger partial charge in [0.1, 0.15) is 0 Å². The van der Waals surface area contributed by atoms with E-state index in [2.05, 4.69) is 11.1 Å². The van der Waals surface area contributed by atoms with Gasteiger partial charge in [-0.2, -0.15) is 5.26 Å². The lowest BCUT2D eigenvalue weighted by atomic mass is 10.2. The molecule has 0 aromatic carbocycles. The molecule has 0 amide bonds. The van der Waals surface area contributed by atoms with Crippen molar-refractivity contribution in [3.63, 3.8) is 0 Å². The van der Waals surface area contributed by atoms with Crippen molar-refractivity contribution >= 4 is 0 Å². The van der Waals surface area contributed by atoms with E-state index >= 15 is 0 Å². The number of hydrogen-bond acceptors (Lipinski definition) is 3. The average Bonchev–Trinajstić information content (AvgIpc) is 2.20. The number of rotatable bonds is 3. The monoisotopic (exact) mass is 189 g/mol. The van der Waals surface area contributed by atoms with Gasteiger partial charge in [-0.25, -0.2) is 0 Å². The van der Waals surface area contributed by atoms with E-state index in [0.29, 0.717) is 0 Å². The van der Waals surface area contributed by atoms with Gasteiger partial charge in [-0.3, -0.25) is 9.88 Å². The minimum Gasteiger partial charge on any atom is -0.287 e. The first kappa shape index (κ1) is 10.7. The third-order valence-corrected chi connectivity index (χ3v) is 2.38. The van der Waals surface area contributed by atoms with Crippen LogP contribution in [-0.4, -0.2) is 23.0 Å². The molecule has 0 aliphatic carbocycles. The van der Waals surface area contributed by atoms with Crippen LogP contribution in [0.5, 0.6) is 0 Å². The highest BCUT2D eigenvalue weighted by molar-refractivity contribution is 5.18. The van der Waals surface area contributed by atoms with Crippen molar-refractivity contribution in [2.75, 3.05) is 7.05 Å². The molecule has 0 aliphatic heterocycles. The van der Waals surface area contributed by atoms with Crippen molar-refractivity contribution in [2.24, 2.45) is 0 Å². The lowest BCUT2D eigenvalue weighted by Crippen LogP contribution is -2.27. The molecule has 0 aliphatic rings. The van der Waals surface area contributed by atoms with E-state index in [9.17, 15) is 0 Å². The van der Waals surface area contributed by atoms with Crippen LogP contribution in [0.3, 0.4) is 0 Å². The van der Waals surface area contributed by atoms with E-state index in [1.165, 1.54) is 5.56 Å². The molecule has 1 aromatic heterocycles. The Labute approximate surface area is 85.0 Å². The molecule has 1 atom stereocenters. The van der Waals surface area contributed by atoms with Crippen molar-refractivity contribution < 1.29 is 0 Å². The van der Waals surface area contributed by atoms with Crippen LogP contribution in [0.4, 0.5) is 0 Å². The molecule has 3 heteroatoms. The van der Waals surface area contributed by atoms with Gasteiger partial charge in [0.05, 0.1) is 12.1 Å². The normalized spacial score (nSPS) is 12.5. The molecule has 0 spiro atoms. The molecule has 14 heavy (non-hydrogen) atoms. The summed E-state index contributed by atoms with van der Waals surface area (Å²) in [6, 6.07) is 6.12. The minimum atomic E-state index is -0.0605. The highest BCUT2D eigenvalue weighted by Crippen LogP contribution is 2.08. The molecule has 1 rings (SSSR count). The molecular formula is C11H15N3. The van der Waals surface area contributed by atoms with Gasteiger partial charge in [0.25, 0.3) is 0 Å². The highest BCUT2D eigenvalue weighted by Gasteiger charge is 2.09. The molecule has 3 nitrogen and oxygen atoms in total. The summed E-state index contributed by atoms with van der Waals surface area (Å²) < 4.78 is 0. The van der Waals surface area contributed by atoms with Crippen LogP contribution in [0.1, 0.15) is 18.2 Å². The van der Waals surface area contributed by atoms with Gasteiger partial charge in [-0.15, -0.1) is 0 Å². The number of nitriles is 1. The second-order valence-electron chi connectivity index (χ2n) is 3.47. The summed E-state index contributed by atoms with van der Waals surface area (Å²) in [7, 11) is 1.94. The zero-order valence-electron chi connectivity index (χ0n) is 8.86. The molecule has 0 bridgehead atoms. The Hall–Kier alpha value is -1.40. The molecule has 0 saturated carbocycles. The molecular weight excluding hydrogens is 174 g/mol. The Balaban J connectivity index is 2.70. The van der Waals surface area contributed by atoms with Crippen LogP contribution in [0.15, 0.2) is 18.3 Å². The van der Waals surface area contributed by atoms with Gasteiger partial charge >= 0.3 is 0 Å². The summed E-state index contributed by atoms with van der Waals surface area (Å²) in [5, 5.41) is 8.75. The Morgan fingerprint density at radius 3 is 2.93 bits per heavy atom. The maximum absolute atomic E-state index is 8.75. The average molecular weight is 189 g/mol. The van der Waals surface area contributed by atoms with Crippen molar-refractivity contribution in [3.8, 4) is 6.07 Å². The van der Waals surface area contributed by atoms with Gasteiger partial charge in [0, 0.05) is 18.4 Å². The fourth-order valence-corrected chi connectivity index (χ4v) is 1.19. The van der Waals surface area contributed by atoms with E-state index in [4.69, 9.17) is 5.26 Å². The van der Waals surface area contributed by atoms with E-state index < -0.39 is 0 Å². The quantitative estimate of drug-likeness (QED) is 0.727. The third kappa shape index (κ3) is 2.54. The Morgan fingerprint density at radius 1 is 1.64 bits per heavy atom. The lowest BCUT2D eigenvalue weighted by Gasteiger charge is -2.19. The van der Waals surface area contributed by atoms with Crippen LogP contribution in [0, 0.1) is 18.3 Å². The zero-order chi connectivity index (χ0) is 10.6. The second kappa shape index (κ2) is 4.73. The van der Waals surface area contributed by atoms with Crippen molar-refractivity contribution in [1.82, 2.24) is 9.88 Å². The van der Waals surface area contributed by atoms with Crippen molar-refractivity contribution in [2.45, 2.75) is 26.4 Å². The van der Waals surface area contributed by atoms with Crippen LogP contribution < -0.4 is 0 Å². The fourth-order valence-electron chi connectivity index (χ4n) is 1.19. The summed E-state index contributed by atoms with van der Waals surface area (Å²) in [5.74, 6) is 0. The fraction of sp³-hybridized carbons (Fsp3) is 0.455. The van der Waals surface area contributed by atoms with Crippen LogP contribution in [0.25, 0.3) is 0 Å². The van der Waals surface area contributed by atoms with Gasteiger partial charge in [-0.1, -0.05) is 6.07 Å². The van der Waals surface area contributed by atoms with E-state index in [1.54, 1.807) is 6.20 Å². The maximum Gasteiger partial charge on any atom is 0.0949 e. The summed E-state index contributed by atoms with van der Waals surface area (Å²) >= 11 is 0. The summed E-state index contributed by atoms with van der Waals surface area (Å²) in [6.45, 7) is 4.65. The number of pyridine rings is 1. The van der Waals surface area contributed by atoms with Gasteiger partial charge in [-0.05, 0) is 32.5 Å². The lowest BCUT2D eigenvalue weighted by molar-refractivity contribution is 0.293. The van der Waals surface area contributed by atoms with Crippen molar-refractivity contribution in [3.05, 3.63) is 29.6 Å². The number of nitrogens with zero attached hydrogens (tertiary/aromatic N) is 3. The first-order chi connectivity index (χ1) is 6.65. The SMILES string of the molecule is Cc1ncccc1CN(C)C(C)C#N. The minimum absolute atomic E-state index is 0.0605. The third-order valence-electron chi connectivity index (χ3n) is 2.38. The Kier molecular flexibility index (Phi) is 3.61. The van der Waals surface area contributed by atoms with E-state index in [0.717, 1.165) is 12.2 Å². The largest absolute Gasteiger partial charge is 0.287 e. The predicted molar refractivity (Wildman–Crippen MR) is 55.5 cm³/mol. The molecule has 1 aromatic rings. The molecule has 1 heterocycles. The second-order valence-corrected chi connectivity index (χ2v) is 3.47. The highest BCUT2D eigenvalue weighted by atomic mass is 15.1. The predicted octanol–water partition coefficient (Wildman–Crippen LogP) is 1.73. The zero-order valence-corrected chi connectivity index (χ0v) is 8.86. The van der Waals surface area contributed by atoms with Crippen LogP contribution in [-0.2, 0) is 6.54 Å². The first-order valence-corrected chi connectivity index (χ1v) is 4.65.